The molecule has 0 heterocycles. The van der Waals surface area contributed by atoms with E-state index in [0.717, 1.165) is 6.54 Å². The molecule has 0 aliphatic heterocycles. The fourth-order valence-electron chi connectivity index (χ4n) is 3.31. The van der Waals surface area contributed by atoms with E-state index < -0.39 is 0 Å². The van der Waals surface area contributed by atoms with Crippen LogP contribution in [0.15, 0.2) is 30.3 Å². The van der Waals surface area contributed by atoms with E-state index in [0.29, 0.717) is 6.17 Å². The Morgan fingerprint density at radius 2 is 1.38 bits per heavy atom. The molecule has 0 aliphatic rings. The summed E-state index contributed by atoms with van der Waals surface area (Å²) in [5.41, 5.74) is 1.46. The van der Waals surface area contributed by atoms with Gasteiger partial charge in [0, 0.05) is 12.5 Å². The Kier molecular flexibility index (Phi) is 13.0. The van der Waals surface area contributed by atoms with Crippen LogP contribution in [0, 0.1) is 0 Å². The van der Waals surface area contributed by atoms with E-state index in [1.54, 1.807) is 4.90 Å². The van der Waals surface area contributed by atoms with Crippen molar-refractivity contribution in [2.75, 3.05) is 26.2 Å². The van der Waals surface area contributed by atoms with Gasteiger partial charge in [-0.15, -0.1) is 0 Å². The van der Waals surface area contributed by atoms with Crippen LogP contribution >= 0.6 is 0 Å². The third-order valence-electron chi connectivity index (χ3n) is 4.92. The Labute approximate surface area is 152 Å². The van der Waals surface area contributed by atoms with Gasteiger partial charge in [-0.3, -0.25) is 9.38 Å². The van der Waals surface area contributed by atoms with Crippen molar-refractivity contribution in [2.24, 2.45) is 0 Å². The Morgan fingerprint density at radius 3 is 1.76 bits per heavy atom. The summed E-state index contributed by atoms with van der Waals surface area (Å²) in [4.78, 5) is 1.71. The molecule has 1 atom stereocenters. The van der Waals surface area contributed by atoms with Crippen LogP contribution in [0.25, 0.3) is 0 Å². The lowest BCUT2D eigenvalue weighted by molar-refractivity contribution is -1.13. The Balaban J connectivity index is 0. The molecule has 1 rings (SSSR count). The van der Waals surface area contributed by atoms with Crippen LogP contribution in [0.5, 0.6) is 0 Å². The highest BCUT2D eigenvalue weighted by Gasteiger charge is 2.36. The van der Waals surface area contributed by atoms with Gasteiger partial charge in [-0.1, -0.05) is 30.3 Å². The molecule has 0 bridgehead atoms. The highest BCUT2D eigenvalue weighted by atomic mass is 79.9. The van der Waals surface area contributed by atoms with Crippen molar-refractivity contribution in [3.05, 3.63) is 35.9 Å². The standard InChI is InChI=1S/C17H31N2.2BrH/c1-6-18(7-2)16(5)19(8-3,9-4)15-17-13-11-10-12-14-17;;/h10-14,16H,6-9,15H2,1-5H3;2*1H/q+1;;/p-1. The summed E-state index contributed by atoms with van der Waals surface area (Å²) in [7, 11) is 0. The summed E-state index contributed by atoms with van der Waals surface area (Å²) >= 11 is 0. The molecule has 2 nitrogen and oxygen atoms in total. The maximum atomic E-state index is 2.43. The van der Waals surface area contributed by atoms with Crippen molar-refractivity contribution in [1.29, 1.82) is 0 Å². The molecule has 0 amide bonds. The molecular weight excluding hydrogens is 392 g/mol. The Hall–Kier alpha value is 0.1000. The molecule has 0 spiro atoms. The SMILES string of the molecule is CC[NH+](CC)C(C)[N+](CC)(CC)Cc1ccccc1.[Br-].[Br-]. The van der Waals surface area contributed by atoms with Gasteiger partial charge in [-0.25, -0.2) is 0 Å². The molecule has 21 heavy (non-hydrogen) atoms. The third-order valence-corrected chi connectivity index (χ3v) is 4.92. The zero-order valence-corrected chi connectivity index (χ0v) is 17.4. The molecule has 1 N–H and O–H groups in total. The normalized spacial score (nSPS) is 12.5. The largest absolute Gasteiger partial charge is 1.00 e. The highest BCUT2D eigenvalue weighted by molar-refractivity contribution is 5.13. The van der Waals surface area contributed by atoms with Gasteiger partial charge in [0.15, 0.2) is 0 Å². The number of benzene rings is 1. The number of hydrogen-bond donors (Lipinski definition) is 1. The maximum absolute atomic E-state index is 2.43. The Morgan fingerprint density at radius 1 is 0.905 bits per heavy atom. The van der Waals surface area contributed by atoms with Crippen molar-refractivity contribution in [3.63, 3.8) is 0 Å². The van der Waals surface area contributed by atoms with Crippen molar-refractivity contribution < 1.29 is 43.3 Å². The summed E-state index contributed by atoms with van der Waals surface area (Å²) in [6.45, 7) is 17.7. The van der Waals surface area contributed by atoms with Crippen LogP contribution in [0.2, 0.25) is 0 Å². The van der Waals surface area contributed by atoms with Gasteiger partial charge in [-0.2, -0.15) is 0 Å². The van der Waals surface area contributed by atoms with E-state index in [9.17, 15) is 0 Å². The van der Waals surface area contributed by atoms with Crippen LogP contribution < -0.4 is 38.9 Å². The number of halogens is 2. The Bertz CT molecular complexity index is 349. The first-order valence-corrected chi connectivity index (χ1v) is 7.87. The lowest BCUT2D eigenvalue weighted by Gasteiger charge is -2.43. The van der Waals surface area contributed by atoms with Crippen LogP contribution in [0.3, 0.4) is 0 Å². The molecule has 1 unspecified atom stereocenters. The number of rotatable bonds is 8. The van der Waals surface area contributed by atoms with Crippen molar-refractivity contribution in [2.45, 2.75) is 47.3 Å². The van der Waals surface area contributed by atoms with Gasteiger partial charge < -0.3 is 34.0 Å². The molecular formula is C17H32Br2N2. The summed E-state index contributed by atoms with van der Waals surface area (Å²) in [6.07, 6.45) is 0.658. The van der Waals surface area contributed by atoms with Crippen LogP contribution in [-0.4, -0.2) is 36.8 Å². The van der Waals surface area contributed by atoms with E-state index in [1.165, 1.54) is 36.2 Å². The molecule has 124 valence electrons. The van der Waals surface area contributed by atoms with Crippen LogP contribution in [-0.2, 0) is 6.54 Å². The zero-order valence-electron chi connectivity index (χ0n) is 14.2. The fourth-order valence-corrected chi connectivity index (χ4v) is 3.31. The van der Waals surface area contributed by atoms with Crippen LogP contribution in [0.4, 0.5) is 0 Å². The monoisotopic (exact) mass is 422 g/mol. The van der Waals surface area contributed by atoms with Gasteiger partial charge in [-0.05, 0) is 27.7 Å². The van der Waals surface area contributed by atoms with E-state index in [-0.39, 0.29) is 34.0 Å². The fraction of sp³-hybridized carbons (Fsp3) is 0.647. The minimum atomic E-state index is 0. The second-order valence-electron chi connectivity index (χ2n) is 5.54. The summed E-state index contributed by atoms with van der Waals surface area (Å²) in [5.74, 6) is 0. The van der Waals surface area contributed by atoms with Gasteiger partial charge in [0.1, 0.15) is 6.54 Å². The predicted octanol–water partition coefficient (Wildman–Crippen LogP) is -3.68. The second-order valence-corrected chi connectivity index (χ2v) is 5.54. The summed E-state index contributed by atoms with van der Waals surface area (Å²) in [5, 5.41) is 0. The molecule has 0 aromatic heterocycles. The molecule has 4 heteroatoms. The van der Waals surface area contributed by atoms with Gasteiger partial charge in [0.2, 0.25) is 6.17 Å². The molecule has 0 fully saturated rings. The molecule has 1 aromatic carbocycles. The topological polar surface area (TPSA) is 4.44 Å². The lowest BCUT2D eigenvalue weighted by Crippen LogP contribution is -3.18. The third kappa shape index (κ3) is 6.01. The van der Waals surface area contributed by atoms with Crippen molar-refractivity contribution >= 4 is 0 Å². The number of nitrogens with zero attached hydrogens (tertiary/aromatic N) is 1. The van der Waals surface area contributed by atoms with E-state index in [4.69, 9.17) is 0 Å². The highest BCUT2D eigenvalue weighted by Crippen LogP contribution is 2.16. The smallest absolute Gasteiger partial charge is 0.212 e. The van der Waals surface area contributed by atoms with Gasteiger partial charge in [0.25, 0.3) is 0 Å². The number of nitrogens with one attached hydrogen (secondary N) is 1. The predicted molar refractivity (Wildman–Crippen MR) is 83.0 cm³/mol. The van der Waals surface area contributed by atoms with Crippen molar-refractivity contribution in [1.82, 2.24) is 0 Å². The van der Waals surface area contributed by atoms with E-state index >= 15 is 0 Å². The minimum absolute atomic E-state index is 0. The van der Waals surface area contributed by atoms with Crippen molar-refractivity contribution in [3.8, 4) is 0 Å². The summed E-state index contributed by atoms with van der Waals surface area (Å²) in [6, 6.07) is 11.0. The lowest BCUT2D eigenvalue weighted by atomic mass is 10.1. The van der Waals surface area contributed by atoms with Gasteiger partial charge in [0.05, 0.1) is 26.2 Å². The zero-order chi connectivity index (χ0) is 14.3. The molecule has 1 aromatic rings. The molecule has 0 saturated heterocycles. The van der Waals surface area contributed by atoms with E-state index in [2.05, 4.69) is 65.0 Å². The van der Waals surface area contributed by atoms with Gasteiger partial charge >= 0.3 is 0 Å². The average Bonchev–Trinajstić information content (AvgIpc) is 2.47. The molecule has 0 aliphatic carbocycles. The molecule has 0 saturated carbocycles. The second kappa shape index (κ2) is 11.6. The maximum Gasteiger partial charge on any atom is 0.212 e. The first-order chi connectivity index (χ1) is 9.13. The van der Waals surface area contributed by atoms with Crippen LogP contribution in [0.1, 0.15) is 40.2 Å². The quantitative estimate of drug-likeness (QED) is 0.324. The number of quaternary nitrogens is 2. The summed E-state index contributed by atoms with van der Waals surface area (Å²) < 4.78 is 1.18. The minimum Gasteiger partial charge on any atom is -1.00 e. The first kappa shape index (κ1) is 23.4. The van der Waals surface area contributed by atoms with E-state index in [1.807, 2.05) is 0 Å². The average molecular weight is 424 g/mol. The molecule has 0 radical (unpaired) electrons. The first-order valence-electron chi connectivity index (χ1n) is 7.87. The number of hydrogen-bond acceptors (Lipinski definition) is 0.